The van der Waals surface area contributed by atoms with E-state index in [0.717, 1.165) is 0 Å². The summed E-state index contributed by atoms with van der Waals surface area (Å²) < 4.78 is 61.2. The maximum absolute atomic E-state index is 14.1. The molecule has 0 saturated heterocycles. The molecular formula is C29H28F4N4O3. The molecule has 7 nitrogen and oxygen atoms in total. The zero-order valence-corrected chi connectivity index (χ0v) is 21.2. The van der Waals surface area contributed by atoms with E-state index in [0.29, 0.717) is 22.4 Å². The third-order valence-electron chi connectivity index (χ3n) is 5.82. The number of guanidine groups is 1. The van der Waals surface area contributed by atoms with Crippen LogP contribution in [0.25, 0.3) is 16.8 Å². The number of ether oxygens (including phenoxy) is 1. The van der Waals surface area contributed by atoms with Crippen molar-refractivity contribution in [3.8, 4) is 16.9 Å². The lowest BCUT2D eigenvalue weighted by Crippen LogP contribution is -2.36. The highest BCUT2D eigenvalue weighted by molar-refractivity contribution is 5.84. The fraction of sp³-hybridized carbons (Fsp3) is 0.172. The second kappa shape index (κ2) is 12.9. The number of hydrogen-bond acceptors (Lipinski definition) is 4. The molecule has 0 aliphatic rings. The summed E-state index contributed by atoms with van der Waals surface area (Å²) in [5.74, 6) is -3.52. The molecule has 0 bridgehead atoms. The zero-order valence-electron chi connectivity index (χ0n) is 21.2. The topological polar surface area (TPSA) is 137 Å². The number of nitrogens with two attached hydrogens (primary N) is 3. The van der Waals surface area contributed by atoms with Gasteiger partial charge in [-0.15, -0.1) is 0 Å². The van der Waals surface area contributed by atoms with Gasteiger partial charge in [-0.1, -0.05) is 48.6 Å². The van der Waals surface area contributed by atoms with Crippen molar-refractivity contribution in [2.24, 2.45) is 22.2 Å². The quantitative estimate of drug-likeness (QED) is 0.111. The molecule has 210 valence electrons. The maximum atomic E-state index is 14.1. The molecular weight excluding hydrogens is 528 g/mol. The van der Waals surface area contributed by atoms with Crippen LogP contribution in [0.4, 0.5) is 17.6 Å². The largest absolute Gasteiger partial charge is 0.491 e. The lowest BCUT2D eigenvalue weighted by atomic mass is 9.90. The van der Waals surface area contributed by atoms with Crippen LogP contribution in [0.3, 0.4) is 0 Å². The first kappa shape index (κ1) is 29.9. The summed E-state index contributed by atoms with van der Waals surface area (Å²) in [7, 11) is 0. The molecule has 3 rings (SSSR count). The number of alkyl halides is 3. The van der Waals surface area contributed by atoms with Crippen molar-refractivity contribution in [1.82, 2.24) is 0 Å². The van der Waals surface area contributed by atoms with Gasteiger partial charge in [0.2, 0.25) is 0 Å². The molecule has 0 aromatic heterocycles. The molecule has 0 fully saturated rings. The highest BCUT2D eigenvalue weighted by Crippen LogP contribution is 2.40. The summed E-state index contributed by atoms with van der Waals surface area (Å²) in [6.07, 6.45) is -3.69. The van der Waals surface area contributed by atoms with E-state index in [1.165, 1.54) is 60.7 Å². The van der Waals surface area contributed by atoms with Crippen LogP contribution in [0.2, 0.25) is 0 Å². The number of aliphatic carboxylic acids is 1. The Morgan fingerprint density at radius 2 is 1.68 bits per heavy atom. The summed E-state index contributed by atoms with van der Waals surface area (Å²) in [6.45, 7) is 3.54. The van der Waals surface area contributed by atoms with E-state index in [-0.39, 0.29) is 29.4 Å². The van der Waals surface area contributed by atoms with E-state index in [4.69, 9.17) is 27.0 Å². The van der Waals surface area contributed by atoms with Crippen LogP contribution < -0.4 is 21.9 Å². The van der Waals surface area contributed by atoms with Gasteiger partial charge in [0.25, 0.3) is 0 Å². The first-order chi connectivity index (χ1) is 18.8. The van der Waals surface area contributed by atoms with Crippen LogP contribution in [0.15, 0.2) is 96.0 Å². The maximum Gasteiger partial charge on any atom is 0.396 e. The molecule has 0 radical (unpaired) electrons. The number of benzene rings is 3. The number of nitrogens with zero attached hydrogens (tertiary/aromatic N) is 1. The van der Waals surface area contributed by atoms with Gasteiger partial charge in [-0.25, -0.2) is 9.38 Å². The molecule has 0 unspecified atom stereocenters. The summed E-state index contributed by atoms with van der Waals surface area (Å²) in [5.41, 5.74) is 18.4. The smallest absolute Gasteiger partial charge is 0.396 e. The molecule has 0 amide bonds. The molecule has 40 heavy (non-hydrogen) atoms. The van der Waals surface area contributed by atoms with Crippen molar-refractivity contribution < 1.29 is 32.2 Å². The molecule has 0 saturated carbocycles. The van der Waals surface area contributed by atoms with E-state index < -0.39 is 36.3 Å². The number of allylic oxidation sites excluding steroid dienone is 2. The Morgan fingerprint density at radius 3 is 2.23 bits per heavy atom. The fourth-order valence-corrected chi connectivity index (χ4v) is 3.81. The minimum Gasteiger partial charge on any atom is -0.491 e. The molecule has 3 aromatic carbocycles. The van der Waals surface area contributed by atoms with Crippen LogP contribution in [-0.4, -0.2) is 35.9 Å². The van der Waals surface area contributed by atoms with Crippen molar-refractivity contribution in [2.75, 3.05) is 6.61 Å². The van der Waals surface area contributed by atoms with E-state index in [1.54, 1.807) is 18.2 Å². The van der Waals surface area contributed by atoms with Gasteiger partial charge in [0.15, 0.2) is 5.96 Å². The molecule has 3 aromatic rings. The number of halogens is 4. The molecule has 0 aliphatic carbocycles. The van der Waals surface area contributed by atoms with Gasteiger partial charge >= 0.3 is 12.1 Å². The van der Waals surface area contributed by atoms with Crippen LogP contribution >= 0.6 is 0 Å². The van der Waals surface area contributed by atoms with Crippen molar-refractivity contribution in [2.45, 2.75) is 24.6 Å². The molecule has 0 aliphatic heterocycles. The van der Waals surface area contributed by atoms with Gasteiger partial charge < -0.3 is 27.0 Å². The summed E-state index contributed by atoms with van der Waals surface area (Å²) in [5, 5.41) is 8.86. The molecule has 2 atom stereocenters. The van der Waals surface area contributed by atoms with E-state index in [2.05, 4.69) is 11.6 Å². The monoisotopic (exact) mass is 556 g/mol. The van der Waals surface area contributed by atoms with Crippen LogP contribution in [-0.2, 0) is 4.79 Å². The predicted octanol–water partition coefficient (Wildman–Crippen LogP) is 5.19. The van der Waals surface area contributed by atoms with Crippen molar-refractivity contribution in [1.29, 1.82) is 0 Å². The Kier molecular flexibility index (Phi) is 9.68. The minimum atomic E-state index is -4.58. The average molecular weight is 557 g/mol. The Labute approximate surface area is 228 Å². The highest BCUT2D eigenvalue weighted by Gasteiger charge is 2.40. The number of hydrogen-bond donors (Lipinski definition) is 4. The van der Waals surface area contributed by atoms with Gasteiger partial charge in [-0.2, -0.15) is 13.2 Å². The number of carbonyl (C=O) groups is 1. The summed E-state index contributed by atoms with van der Waals surface area (Å²) in [4.78, 5) is 14.9. The lowest BCUT2D eigenvalue weighted by molar-refractivity contribution is -0.150. The third kappa shape index (κ3) is 8.43. The predicted molar refractivity (Wildman–Crippen MR) is 146 cm³/mol. The van der Waals surface area contributed by atoms with Crippen molar-refractivity contribution in [3.63, 3.8) is 0 Å². The molecule has 0 spiro atoms. The van der Waals surface area contributed by atoms with Gasteiger partial charge in [-0.3, -0.25) is 4.79 Å². The van der Waals surface area contributed by atoms with Crippen LogP contribution in [0.5, 0.6) is 5.75 Å². The van der Waals surface area contributed by atoms with Gasteiger partial charge in [-0.05, 0) is 65.6 Å². The van der Waals surface area contributed by atoms with Gasteiger partial charge in [0.1, 0.15) is 24.2 Å². The summed E-state index contributed by atoms with van der Waals surface area (Å²) >= 11 is 0. The standard InChI is InChI=1S/C29H28F4N4O3/c1-17(14-26(37-28(35)36)20-9-11-23(12-10-20)40-16-25(34)27(38)39)13-24(29(31,32)33)19-7-5-18(6-8-19)21-3-2-4-22(30)15-21/h2-12,14-15,24-25H,1,13,16,34H2,(H,38,39)(H4,35,36,37)/b26-14-/t24-,25-/m0/s1. The second-order valence-corrected chi connectivity index (χ2v) is 8.94. The van der Waals surface area contributed by atoms with Crippen LogP contribution in [0, 0.1) is 5.82 Å². The fourth-order valence-electron chi connectivity index (χ4n) is 3.81. The second-order valence-electron chi connectivity index (χ2n) is 8.94. The Morgan fingerprint density at radius 1 is 1.02 bits per heavy atom. The van der Waals surface area contributed by atoms with E-state index in [1.807, 2.05) is 0 Å². The highest BCUT2D eigenvalue weighted by atomic mass is 19.4. The number of carboxylic acid groups (broad SMARTS) is 1. The van der Waals surface area contributed by atoms with Crippen LogP contribution in [0.1, 0.15) is 23.5 Å². The Bertz CT molecular complexity index is 1400. The molecule has 7 N–H and O–H groups in total. The van der Waals surface area contributed by atoms with E-state index in [9.17, 15) is 22.4 Å². The van der Waals surface area contributed by atoms with Gasteiger partial charge in [0.05, 0.1) is 11.6 Å². The number of carboxylic acids is 1. The summed E-state index contributed by atoms with van der Waals surface area (Å²) in [6, 6.07) is 16.5. The SMILES string of the molecule is C=C(/C=C(\N=C(N)N)c1ccc(OC[C@H](N)C(=O)O)cc1)C[C@@H](c1ccc(-c2cccc(F)c2)cc1)C(F)(F)F. The lowest BCUT2D eigenvalue weighted by Gasteiger charge is -2.21. The zero-order chi connectivity index (χ0) is 29.4. The first-order valence-electron chi connectivity index (χ1n) is 12.0. The Balaban J connectivity index is 1.82. The third-order valence-corrected chi connectivity index (χ3v) is 5.82. The van der Waals surface area contributed by atoms with Crippen molar-refractivity contribution in [3.05, 3.63) is 108 Å². The van der Waals surface area contributed by atoms with E-state index >= 15 is 0 Å². The van der Waals surface area contributed by atoms with Gasteiger partial charge in [0, 0.05) is 5.56 Å². The number of rotatable bonds is 11. The normalized spacial score (nSPS) is 13.3. The number of aliphatic imine (C=N–C) groups is 1. The first-order valence-corrected chi connectivity index (χ1v) is 12.0. The molecule has 0 heterocycles. The average Bonchev–Trinajstić information content (AvgIpc) is 2.89. The Hall–Kier alpha value is -4.64. The minimum absolute atomic E-state index is 0.0201. The van der Waals surface area contributed by atoms with Crippen molar-refractivity contribution >= 4 is 17.6 Å². The molecule has 11 heteroatoms.